The SMILES string of the molecule is C#CCN(CCNC(=O)OCc1ccccc1)S(=O)(=O)c1ccccc1[N+](=O)[O-]. The maximum atomic E-state index is 12.8. The van der Waals surface area contributed by atoms with Gasteiger partial charge in [0.15, 0.2) is 4.90 Å². The van der Waals surface area contributed by atoms with Crippen LogP contribution in [0.25, 0.3) is 0 Å². The number of ether oxygens (including phenoxy) is 1. The number of rotatable bonds is 9. The molecule has 0 aromatic heterocycles. The Hall–Kier alpha value is -3.42. The first-order valence-corrected chi connectivity index (χ1v) is 9.92. The standard InChI is InChI=1S/C19H19N3O6S/c1-2-13-21(29(26,27)18-11-7-6-10-17(18)22(24)25)14-12-20-19(23)28-15-16-8-4-3-5-9-16/h1,3-11H,12-15H2,(H,20,23). The number of nitro groups is 1. The lowest BCUT2D eigenvalue weighted by molar-refractivity contribution is -0.387. The molecule has 0 fully saturated rings. The summed E-state index contributed by atoms with van der Waals surface area (Å²) in [6.07, 6.45) is 4.52. The highest BCUT2D eigenvalue weighted by molar-refractivity contribution is 7.89. The Morgan fingerprint density at radius 1 is 1.17 bits per heavy atom. The summed E-state index contributed by atoms with van der Waals surface area (Å²) in [7, 11) is -4.24. The lowest BCUT2D eigenvalue weighted by Crippen LogP contribution is -2.39. The Kier molecular flexibility index (Phi) is 7.70. The fourth-order valence-electron chi connectivity index (χ4n) is 2.41. The van der Waals surface area contributed by atoms with Gasteiger partial charge in [-0.1, -0.05) is 48.4 Å². The number of benzene rings is 2. The largest absolute Gasteiger partial charge is 0.445 e. The maximum absolute atomic E-state index is 12.8. The first kappa shape index (κ1) is 21.9. The van der Waals surface area contributed by atoms with E-state index < -0.39 is 31.6 Å². The second-order valence-electron chi connectivity index (χ2n) is 5.76. The van der Waals surface area contributed by atoms with Gasteiger partial charge < -0.3 is 10.1 Å². The third kappa shape index (κ3) is 6.03. The van der Waals surface area contributed by atoms with Crippen LogP contribution in [0.3, 0.4) is 0 Å². The number of terminal acetylenes is 1. The molecule has 0 bridgehead atoms. The van der Waals surface area contributed by atoms with Crippen LogP contribution in [0.1, 0.15) is 5.56 Å². The number of amides is 1. The van der Waals surface area contributed by atoms with Crippen molar-refractivity contribution >= 4 is 21.8 Å². The van der Waals surface area contributed by atoms with Crippen LogP contribution in [-0.4, -0.2) is 43.4 Å². The molecule has 29 heavy (non-hydrogen) atoms. The van der Waals surface area contributed by atoms with E-state index >= 15 is 0 Å². The molecule has 0 aliphatic heterocycles. The van der Waals surface area contributed by atoms with Crippen molar-refractivity contribution in [2.75, 3.05) is 19.6 Å². The van der Waals surface area contributed by atoms with Crippen LogP contribution < -0.4 is 5.32 Å². The van der Waals surface area contributed by atoms with Gasteiger partial charge in [-0.2, -0.15) is 4.31 Å². The van der Waals surface area contributed by atoms with Gasteiger partial charge in [-0.25, -0.2) is 13.2 Å². The van der Waals surface area contributed by atoms with Crippen molar-refractivity contribution in [1.82, 2.24) is 9.62 Å². The molecule has 1 amide bonds. The van der Waals surface area contributed by atoms with Crippen LogP contribution in [0.5, 0.6) is 0 Å². The van der Waals surface area contributed by atoms with E-state index in [1.807, 2.05) is 18.2 Å². The molecular formula is C19H19N3O6S. The number of para-hydroxylation sites is 1. The second kappa shape index (κ2) is 10.2. The zero-order valence-electron chi connectivity index (χ0n) is 15.4. The molecule has 0 aliphatic carbocycles. The third-order valence-corrected chi connectivity index (χ3v) is 5.68. The predicted molar refractivity (Wildman–Crippen MR) is 105 cm³/mol. The Bertz CT molecular complexity index is 1000. The van der Waals surface area contributed by atoms with Gasteiger partial charge in [0, 0.05) is 19.2 Å². The molecule has 0 saturated carbocycles. The van der Waals surface area contributed by atoms with Gasteiger partial charge >= 0.3 is 6.09 Å². The smallest absolute Gasteiger partial charge is 0.407 e. The first-order valence-electron chi connectivity index (χ1n) is 8.48. The average molecular weight is 417 g/mol. The van der Waals surface area contributed by atoms with E-state index in [1.54, 1.807) is 12.1 Å². The van der Waals surface area contributed by atoms with E-state index in [2.05, 4.69) is 11.2 Å². The van der Waals surface area contributed by atoms with Crippen LogP contribution in [0, 0.1) is 22.5 Å². The first-order chi connectivity index (χ1) is 13.9. The molecule has 2 rings (SSSR count). The Labute approximate surface area is 168 Å². The van der Waals surface area contributed by atoms with E-state index in [0.717, 1.165) is 22.0 Å². The van der Waals surface area contributed by atoms with Gasteiger partial charge in [0.2, 0.25) is 0 Å². The van der Waals surface area contributed by atoms with Gasteiger partial charge in [0.25, 0.3) is 15.7 Å². The van der Waals surface area contributed by atoms with Crippen molar-refractivity contribution in [3.8, 4) is 12.3 Å². The van der Waals surface area contributed by atoms with E-state index in [9.17, 15) is 23.3 Å². The molecule has 0 heterocycles. The van der Waals surface area contributed by atoms with Gasteiger partial charge in [0.1, 0.15) is 6.61 Å². The fourth-order valence-corrected chi connectivity index (χ4v) is 3.92. The quantitative estimate of drug-likeness (QED) is 0.379. The normalized spacial score (nSPS) is 10.9. The minimum absolute atomic E-state index is 0.0647. The lowest BCUT2D eigenvalue weighted by atomic mass is 10.2. The molecule has 0 atom stereocenters. The van der Waals surface area contributed by atoms with Crippen molar-refractivity contribution in [2.24, 2.45) is 0 Å². The van der Waals surface area contributed by atoms with Crippen LogP contribution in [0.4, 0.5) is 10.5 Å². The number of carbonyl (C=O) groups excluding carboxylic acids is 1. The lowest BCUT2D eigenvalue weighted by Gasteiger charge is -2.20. The van der Waals surface area contributed by atoms with Gasteiger partial charge in [-0.05, 0) is 11.6 Å². The zero-order valence-corrected chi connectivity index (χ0v) is 16.2. The predicted octanol–water partition coefficient (Wildman–Crippen LogP) is 2.15. The van der Waals surface area contributed by atoms with Crippen molar-refractivity contribution < 1.29 is 22.9 Å². The number of nitrogens with one attached hydrogen (secondary N) is 1. The van der Waals surface area contributed by atoms with Crippen molar-refractivity contribution in [3.05, 3.63) is 70.3 Å². The maximum Gasteiger partial charge on any atom is 0.407 e. The molecule has 1 N–H and O–H groups in total. The summed E-state index contributed by atoms with van der Waals surface area (Å²) in [5.41, 5.74) is 0.250. The molecule has 0 saturated heterocycles. The average Bonchev–Trinajstić information content (AvgIpc) is 2.72. The molecule has 0 unspecified atom stereocenters. The fraction of sp³-hybridized carbons (Fsp3) is 0.211. The van der Waals surface area contributed by atoms with E-state index in [0.29, 0.717) is 0 Å². The second-order valence-corrected chi connectivity index (χ2v) is 7.66. The van der Waals surface area contributed by atoms with Crippen LogP contribution in [-0.2, 0) is 21.4 Å². The molecule has 9 nitrogen and oxygen atoms in total. The summed E-state index contributed by atoms with van der Waals surface area (Å²) in [5.74, 6) is 2.21. The minimum atomic E-state index is -4.24. The van der Waals surface area contributed by atoms with Crippen molar-refractivity contribution in [3.63, 3.8) is 0 Å². The monoisotopic (exact) mass is 417 g/mol. The van der Waals surface area contributed by atoms with E-state index in [1.165, 1.54) is 12.1 Å². The highest BCUT2D eigenvalue weighted by Crippen LogP contribution is 2.25. The molecule has 152 valence electrons. The molecule has 2 aromatic rings. The molecule has 10 heteroatoms. The van der Waals surface area contributed by atoms with Crippen LogP contribution in [0.15, 0.2) is 59.5 Å². The molecular weight excluding hydrogens is 398 g/mol. The topological polar surface area (TPSA) is 119 Å². The van der Waals surface area contributed by atoms with Crippen LogP contribution >= 0.6 is 0 Å². The molecule has 0 spiro atoms. The third-order valence-electron chi connectivity index (χ3n) is 3.79. The highest BCUT2D eigenvalue weighted by atomic mass is 32.2. The number of nitrogens with zero attached hydrogens (tertiary/aromatic N) is 2. The minimum Gasteiger partial charge on any atom is -0.445 e. The number of hydrogen-bond donors (Lipinski definition) is 1. The summed E-state index contributed by atoms with van der Waals surface area (Å²) in [6.45, 7) is -0.515. The van der Waals surface area contributed by atoms with Gasteiger partial charge in [0.05, 0.1) is 11.5 Å². The summed E-state index contributed by atoms with van der Waals surface area (Å²) < 4.78 is 31.6. The number of sulfonamides is 1. The summed E-state index contributed by atoms with van der Waals surface area (Å²) in [5, 5.41) is 13.6. The molecule has 0 radical (unpaired) electrons. The van der Waals surface area contributed by atoms with Crippen LogP contribution in [0.2, 0.25) is 0 Å². The van der Waals surface area contributed by atoms with E-state index in [4.69, 9.17) is 11.2 Å². The Morgan fingerprint density at radius 3 is 2.48 bits per heavy atom. The number of alkyl carbamates (subject to hydrolysis) is 1. The van der Waals surface area contributed by atoms with E-state index in [-0.39, 0.29) is 26.2 Å². The number of hydrogen-bond acceptors (Lipinski definition) is 6. The summed E-state index contributed by atoms with van der Waals surface area (Å²) >= 11 is 0. The molecule has 0 aliphatic rings. The summed E-state index contributed by atoms with van der Waals surface area (Å²) in [4.78, 5) is 21.7. The Morgan fingerprint density at radius 2 is 1.83 bits per heavy atom. The molecule has 2 aromatic carbocycles. The van der Waals surface area contributed by atoms with Crippen molar-refractivity contribution in [1.29, 1.82) is 0 Å². The number of carbonyl (C=O) groups is 1. The number of nitro benzene ring substituents is 1. The summed E-state index contributed by atoms with van der Waals surface area (Å²) in [6, 6.07) is 14.0. The zero-order chi connectivity index (χ0) is 21.3. The highest BCUT2D eigenvalue weighted by Gasteiger charge is 2.30. The Balaban J connectivity index is 2.00. The van der Waals surface area contributed by atoms with Gasteiger partial charge in [-0.3, -0.25) is 10.1 Å². The van der Waals surface area contributed by atoms with Gasteiger partial charge in [-0.15, -0.1) is 6.42 Å². The van der Waals surface area contributed by atoms with Crippen molar-refractivity contribution in [2.45, 2.75) is 11.5 Å².